The van der Waals surface area contributed by atoms with Gasteiger partial charge >= 0.3 is 5.97 Å². The molecule has 2 rings (SSSR count). The minimum absolute atomic E-state index is 0.0937. The lowest BCUT2D eigenvalue weighted by Gasteiger charge is -2.07. The average Bonchev–Trinajstić information content (AvgIpc) is 2.48. The molecular formula is C16H10Cl3NO3. The number of carbonyl (C=O) groups excluding carboxylic acids is 1. The second-order valence-corrected chi connectivity index (χ2v) is 5.76. The smallest absolute Gasteiger partial charge is 0.337 e. The van der Waals surface area contributed by atoms with E-state index >= 15 is 0 Å². The van der Waals surface area contributed by atoms with Crippen LogP contribution in [0.2, 0.25) is 15.1 Å². The van der Waals surface area contributed by atoms with Crippen LogP contribution in [-0.2, 0) is 4.79 Å². The van der Waals surface area contributed by atoms with E-state index in [0.717, 1.165) is 0 Å². The first-order valence-corrected chi connectivity index (χ1v) is 7.47. The summed E-state index contributed by atoms with van der Waals surface area (Å²) in [6, 6.07) is 9.05. The lowest BCUT2D eigenvalue weighted by molar-refractivity contribution is -0.111. The van der Waals surface area contributed by atoms with Crippen molar-refractivity contribution in [2.75, 3.05) is 5.32 Å². The number of hydrogen-bond acceptors (Lipinski definition) is 2. The summed E-state index contributed by atoms with van der Waals surface area (Å²) in [5.74, 6) is -1.69. The van der Waals surface area contributed by atoms with Crippen LogP contribution in [0.5, 0.6) is 0 Å². The number of carboxylic acid groups (broad SMARTS) is 1. The summed E-state index contributed by atoms with van der Waals surface area (Å²) in [5, 5.41) is 12.8. The predicted molar refractivity (Wildman–Crippen MR) is 92.5 cm³/mol. The predicted octanol–water partition coefficient (Wildman–Crippen LogP) is 5.00. The van der Waals surface area contributed by atoms with Gasteiger partial charge < -0.3 is 10.4 Å². The Morgan fingerprint density at radius 1 is 1.00 bits per heavy atom. The van der Waals surface area contributed by atoms with E-state index in [1.165, 1.54) is 30.4 Å². The van der Waals surface area contributed by atoms with Crippen LogP contribution < -0.4 is 5.32 Å². The van der Waals surface area contributed by atoms with Crippen LogP contribution in [0.1, 0.15) is 15.9 Å². The van der Waals surface area contributed by atoms with Crippen LogP contribution in [-0.4, -0.2) is 17.0 Å². The van der Waals surface area contributed by atoms with Gasteiger partial charge in [0, 0.05) is 21.1 Å². The van der Waals surface area contributed by atoms with Crippen molar-refractivity contribution < 1.29 is 14.7 Å². The maximum Gasteiger partial charge on any atom is 0.337 e. The molecule has 7 heteroatoms. The van der Waals surface area contributed by atoms with Crippen LogP contribution in [0.3, 0.4) is 0 Å². The monoisotopic (exact) mass is 369 g/mol. The Bertz CT molecular complexity index is 803. The maximum atomic E-state index is 11.9. The number of benzene rings is 2. The summed E-state index contributed by atoms with van der Waals surface area (Å²) >= 11 is 17.5. The van der Waals surface area contributed by atoms with E-state index in [0.29, 0.717) is 15.6 Å². The topological polar surface area (TPSA) is 66.4 Å². The molecule has 0 spiro atoms. The molecule has 0 aliphatic carbocycles. The second-order valence-electron chi connectivity index (χ2n) is 4.48. The largest absolute Gasteiger partial charge is 0.478 e. The number of hydrogen-bond donors (Lipinski definition) is 2. The van der Waals surface area contributed by atoms with Gasteiger partial charge in [-0.3, -0.25) is 4.79 Å². The van der Waals surface area contributed by atoms with Crippen molar-refractivity contribution >= 4 is 58.4 Å². The van der Waals surface area contributed by atoms with Crippen LogP contribution >= 0.6 is 34.8 Å². The Balaban J connectivity index is 2.17. The van der Waals surface area contributed by atoms with Crippen molar-refractivity contribution in [2.45, 2.75) is 0 Å². The molecule has 2 N–H and O–H groups in total. The molecule has 0 aliphatic rings. The minimum Gasteiger partial charge on any atom is -0.478 e. The highest BCUT2D eigenvalue weighted by atomic mass is 35.5. The van der Waals surface area contributed by atoms with Gasteiger partial charge in [0.2, 0.25) is 5.91 Å². The molecule has 0 heterocycles. The van der Waals surface area contributed by atoms with Gasteiger partial charge in [0.25, 0.3) is 0 Å². The van der Waals surface area contributed by atoms with Gasteiger partial charge in [0.1, 0.15) is 0 Å². The summed E-state index contributed by atoms with van der Waals surface area (Å²) in [6.07, 6.45) is 2.75. The fraction of sp³-hybridized carbons (Fsp3) is 0. The molecular weight excluding hydrogens is 361 g/mol. The Hall–Kier alpha value is -2.01. The quantitative estimate of drug-likeness (QED) is 0.745. The first-order chi connectivity index (χ1) is 10.9. The van der Waals surface area contributed by atoms with Gasteiger partial charge in [-0.25, -0.2) is 4.79 Å². The highest BCUT2D eigenvalue weighted by molar-refractivity contribution is 6.35. The van der Waals surface area contributed by atoms with Gasteiger partial charge in [0.05, 0.1) is 11.3 Å². The van der Waals surface area contributed by atoms with Crippen molar-refractivity contribution in [3.05, 3.63) is 68.7 Å². The number of amides is 1. The van der Waals surface area contributed by atoms with Crippen molar-refractivity contribution in [2.24, 2.45) is 0 Å². The number of nitrogens with one attached hydrogen (secondary N) is 1. The zero-order chi connectivity index (χ0) is 17.0. The first-order valence-electron chi connectivity index (χ1n) is 6.34. The molecule has 0 aromatic heterocycles. The Labute approximate surface area is 147 Å². The summed E-state index contributed by atoms with van der Waals surface area (Å²) in [7, 11) is 0. The molecule has 0 saturated heterocycles. The van der Waals surface area contributed by atoms with Crippen molar-refractivity contribution in [3.63, 3.8) is 0 Å². The molecule has 0 fully saturated rings. The molecule has 0 aliphatic heterocycles. The normalized spacial score (nSPS) is 10.7. The van der Waals surface area contributed by atoms with E-state index in [4.69, 9.17) is 39.9 Å². The maximum absolute atomic E-state index is 11.9. The number of carbonyl (C=O) groups is 2. The molecule has 118 valence electrons. The molecule has 0 atom stereocenters. The summed E-state index contributed by atoms with van der Waals surface area (Å²) in [6.45, 7) is 0. The Morgan fingerprint density at radius 3 is 2.30 bits per heavy atom. The molecule has 4 nitrogen and oxygen atoms in total. The van der Waals surface area contributed by atoms with E-state index in [1.807, 2.05) is 0 Å². The van der Waals surface area contributed by atoms with E-state index in [9.17, 15) is 9.59 Å². The van der Waals surface area contributed by atoms with Crippen LogP contribution in [0.25, 0.3) is 6.08 Å². The standard InChI is InChI=1S/C16H10Cl3NO3/c17-10-4-5-14(12(7-10)16(22)23)20-15(21)6-2-9-1-3-11(18)8-13(9)19/h1-8H,(H,20,21)(H,22,23)/b6-2+. The Kier molecular flexibility index (Phi) is 5.66. The van der Waals surface area contributed by atoms with Gasteiger partial charge in [-0.1, -0.05) is 40.9 Å². The molecule has 23 heavy (non-hydrogen) atoms. The van der Waals surface area contributed by atoms with Gasteiger partial charge in [-0.15, -0.1) is 0 Å². The lowest BCUT2D eigenvalue weighted by atomic mass is 10.1. The third kappa shape index (κ3) is 4.73. The van der Waals surface area contributed by atoms with Crippen LogP contribution in [0.15, 0.2) is 42.5 Å². The van der Waals surface area contributed by atoms with Gasteiger partial charge in [-0.05, 0) is 42.0 Å². The van der Waals surface area contributed by atoms with Crippen molar-refractivity contribution in [1.29, 1.82) is 0 Å². The molecule has 0 unspecified atom stereocenters. The Morgan fingerprint density at radius 2 is 1.65 bits per heavy atom. The molecule has 2 aromatic rings. The zero-order valence-corrected chi connectivity index (χ0v) is 13.8. The van der Waals surface area contributed by atoms with E-state index in [-0.39, 0.29) is 16.3 Å². The number of aromatic carboxylic acids is 1. The zero-order valence-electron chi connectivity index (χ0n) is 11.5. The third-order valence-electron chi connectivity index (χ3n) is 2.85. The lowest BCUT2D eigenvalue weighted by Crippen LogP contribution is -2.12. The fourth-order valence-electron chi connectivity index (χ4n) is 1.78. The number of rotatable bonds is 4. The third-order valence-corrected chi connectivity index (χ3v) is 3.64. The molecule has 2 aromatic carbocycles. The molecule has 0 radical (unpaired) electrons. The van der Waals surface area contributed by atoms with E-state index in [2.05, 4.69) is 5.32 Å². The highest BCUT2D eigenvalue weighted by Crippen LogP contribution is 2.23. The summed E-state index contributed by atoms with van der Waals surface area (Å²) in [5.41, 5.74) is 0.670. The summed E-state index contributed by atoms with van der Waals surface area (Å²) in [4.78, 5) is 23.1. The number of anilines is 1. The van der Waals surface area contributed by atoms with Crippen molar-refractivity contribution in [3.8, 4) is 0 Å². The van der Waals surface area contributed by atoms with Gasteiger partial charge in [-0.2, -0.15) is 0 Å². The second kappa shape index (κ2) is 7.51. The number of halogens is 3. The molecule has 0 saturated carbocycles. The average molecular weight is 371 g/mol. The number of carboxylic acids is 1. The first kappa shape index (κ1) is 17.3. The highest BCUT2D eigenvalue weighted by Gasteiger charge is 2.12. The summed E-state index contributed by atoms with van der Waals surface area (Å²) < 4.78 is 0. The van der Waals surface area contributed by atoms with Crippen molar-refractivity contribution in [1.82, 2.24) is 0 Å². The van der Waals surface area contributed by atoms with Crippen LogP contribution in [0, 0.1) is 0 Å². The molecule has 1 amide bonds. The SMILES string of the molecule is O=C(/C=C/c1ccc(Cl)cc1Cl)Nc1ccc(Cl)cc1C(=O)O. The van der Waals surface area contributed by atoms with E-state index < -0.39 is 11.9 Å². The van der Waals surface area contributed by atoms with Gasteiger partial charge in [0.15, 0.2) is 0 Å². The van der Waals surface area contributed by atoms with E-state index in [1.54, 1.807) is 18.2 Å². The fourth-order valence-corrected chi connectivity index (χ4v) is 2.42. The minimum atomic E-state index is -1.19. The van der Waals surface area contributed by atoms with Crippen LogP contribution in [0.4, 0.5) is 5.69 Å². The molecule has 0 bridgehead atoms.